The highest BCUT2D eigenvalue weighted by atomic mass is 16.1. The van der Waals surface area contributed by atoms with E-state index in [0.717, 1.165) is 60.4 Å². The molecule has 1 aromatic heterocycles. The Morgan fingerprint density at radius 1 is 0.923 bits per heavy atom. The van der Waals surface area contributed by atoms with Crippen molar-refractivity contribution in [1.82, 2.24) is 14.8 Å². The lowest BCUT2D eigenvalue weighted by Gasteiger charge is -2.33. The molecular formula is C22H25N3O. The summed E-state index contributed by atoms with van der Waals surface area (Å²) in [4.78, 5) is 21.4. The van der Waals surface area contributed by atoms with E-state index >= 15 is 0 Å². The minimum atomic E-state index is 0.200. The van der Waals surface area contributed by atoms with E-state index < -0.39 is 0 Å². The molecule has 0 bridgehead atoms. The molecule has 2 aromatic carbocycles. The Kier molecular flexibility index (Phi) is 4.87. The monoisotopic (exact) mass is 347 g/mol. The number of H-pyrrole nitrogens is 1. The van der Waals surface area contributed by atoms with Crippen molar-refractivity contribution in [2.75, 3.05) is 39.3 Å². The van der Waals surface area contributed by atoms with Crippen LogP contribution in [-0.2, 0) is 0 Å². The quantitative estimate of drug-likeness (QED) is 0.716. The van der Waals surface area contributed by atoms with E-state index in [1.165, 1.54) is 0 Å². The number of para-hydroxylation sites is 1. The second-order valence-corrected chi connectivity index (χ2v) is 6.92. The first-order valence-corrected chi connectivity index (χ1v) is 9.40. The summed E-state index contributed by atoms with van der Waals surface area (Å²) in [5.74, 6) is 0.200. The van der Waals surface area contributed by atoms with Crippen molar-refractivity contribution in [1.29, 1.82) is 0 Å². The molecule has 0 radical (unpaired) electrons. The molecule has 4 rings (SSSR count). The van der Waals surface area contributed by atoms with Gasteiger partial charge in [-0.2, -0.15) is 0 Å². The number of ketones is 1. The number of Topliss-reactive ketones (excluding diaryl/α,β-unsaturated/α-hetero) is 1. The first kappa shape index (κ1) is 17.0. The van der Waals surface area contributed by atoms with Crippen LogP contribution in [0, 0.1) is 0 Å². The van der Waals surface area contributed by atoms with Gasteiger partial charge in [-0.05, 0) is 18.2 Å². The first-order chi connectivity index (χ1) is 12.8. The van der Waals surface area contributed by atoms with E-state index in [1.54, 1.807) is 0 Å². The molecule has 3 aromatic rings. The molecule has 0 saturated carbocycles. The van der Waals surface area contributed by atoms with Crippen molar-refractivity contribution in [3.8, 4) is 11.3 Å². The summed E-state index contributed by atoms with van der Waals surface area (Å²) >= 11 is 0. The van der Waals surface area contributed by atoms with Crippen LogP contribution < -0.4 is 0 Å². The largest absolute Gasteiger partial charge is 0.354 e. The third kappa shape index (κ3) is 3.30. The van der Waals surface area contributed by atoms with Gasteiger partial charge in [-0.3, -0.25) is 9.69 Å². The van der Waals surface area contributed by atoms with Crippen LogP contribution in [0.5, 0.6) is 0 Å². The number of carbonyl (C=O) groups excluding carboxylic acids is 1. The lowest BCUT2D eigenvalue weighted by Crippen LogP contribution is -2.47. The predicted molar refractivity (Wildman–Crippen MR) is 107 cm³/mol. The number of hydrogen-bond donors (Lipinski definition) is 1. The Bertz CT molecular complexity index is 892. The number of rotatable bonds is 5. The summed E-state index contributed by atoms with van der Waals surface area (Å²) in [6.07, 6.45) is 0. The molecular weight excluding hydrogens is 322 g/mol. The first-order valence-electron chi connectivity index (χ1n) is 9.40. The van der Waals surface area contributed by atoms with Crippen LogP contribution in [-0.4, -0.2) is 59.8 Å². The Morgan fingerprint density at radius 2 is 1.58 bits per heavy atom. The van der Waals surface area contributed by atoms with E-state index in [4.69, 9.17) is 0 Å². The fourth-order valence-corrected chi connectivity index (χ4v) is 3.80. The van der Waals surface area contributed by atoms with E-state index in [2.05, 4.69) is 33.8 Å². The highest BCUT2D eigenvalue weighted by Crippen LogP contribution is 2.30. The van der Waals surface area contributed by atoms with E-state index in [0.29, 0.717) is 6.54 Å². The summed E-state index contributed by atoms with van der Waals surface area (Å²) in [7, 11) is 0. The molecule has 4 heteroatoms. The van der Waals surface area contributed by atoms with Crippen LogP contribution in [0.3, 0.4) is 0 Å². The van der Waals surface area contributed by atoms with E-state index in [-0.39, 0.29) is 5.78 Å². The number of hydrogen-bond acceptors (Lipinski definition) is 3. The zero-order valence-corrected chi connectivity index (χ0v) is 15.2. The van der Waals surface area contributed by atoms with Gasteiger partial charge in [0, 0.05) is 37.1 Å². The third-order valence-electron chi connectivity index (χ3n) is 5.33. The zero-order valence-electron chi connectivity index (χ0n) is 15.2. The maximum Gasteiger partial charge on any atom is 0.179 e. The fraction of sp³-hybridized carbons (Fsp3) is 0.318. The normalized spacial score (nSPS) is 16.2. The van der Waals surface area contributed by atoms with Crippen LogP contribution in [0.25, 0.3) is 22.2 Å². The van der Waals surface area contributed by atoms with Gasteiger partial charge in [-0.15, -0.1) is 0 Å². The van der Waals surface area contributed by atoms with Crippen molar-refractivity contribution in [3.05, 3.63) is 60.2 Å². The van der Waals surface area contributed by atoms with Crippen LogP contribution in [0.4, 0.5) is 0 Å². The number of benzene rings is 2. The summed E-state index contributed by atoms with van der Waals surface area (Å²) in [6, 6.07) is 18.2. The molecule has 0 aliphatic carbocycles. The van der Waals surface area contributed by atoms with Crippen LogP contribution in [0.15, 0.2) is 54.6 Å². The molecule has 0 unspecified atom stereocenters. The number of carbonyl (C=O) groups is 1. The Labute approximate surface area is 154 Å². The number of fused-ring (bicyclic) bond motifs is 1. The average Bonchev–Trinajstić information content (AvgIpc) is 3.09. The van der Waals surface area contributed by atoms with Gasteiger partial charge in [0.25, 0.3) is 0 Å². The maximum absolute atomic E-state index is 13.3. The number of aromatic nitrogens is 1. The van der Waals surface area contributed by atoms with Crippen LogP contribution in [0.1, 0.15) is 17.3 Å². The van der Waals surface area contributed by atoms with Crippen molar-refractivity contribution < 1.29 is 4.79 Å². The molecule has 1 N–H and O–H groups in total. The summed E-state index contributed by atoms with van der Waals surface area (Å²) in [6.45, 7) is 7.78. The Hall–Kier alpha value is -2.43. The molecule has 1 fully saturated rings. The summed E-state index contributed by atoms with van der Waals surface area (Å²) in [5, 5.41) is 1.02. The second-order valence-electron chi connectivity index (χ2n) is 6.92. The van der Waals surface area contributed by atoms with Crippen molar-refractivity contribution >= 4 is 16.7 Å². The standard InChI is InChI=1S/C22H25N3O/c1-2-24-12-14-25(15-13-24)16-20(26)21-18-10-6-7-11-19(18)23-22(21)17-8-4-3-5-9-17/h3-11,23H,2,12-16H2,1H3. The molecule has 1 saturated heterocycles. The smallest absolute Gasteiger partial charge is 0.179 e. The lowest BCUT2D eigenvalue weighted by atomic mass is 10.0. The molecule has 4 nitrogen and oxygen atoms in total. The highest BCUT2D eigenvalue weighted by molar-refractivity contribution is 6.14. The SMILES string of the molecule is CCN1CCN(CC(=O)c2c(-c3ccccc3)[nH]c3ccccc23)CC1. The van der Waals surface area contributed by atoms with Crippen LogP contribution in [0.2, 0.25) is 0 Å². The van der Waals surface area contributed by atoms with Gasteiger partial charge >= 0.3 is 0 Å². The van der Waals surface area contributed by atoms with Crippen molar-refractivity contribution in [3.63, 3.8) is 0 Å². The maximum atomic E-state index is 13.3. The predicted octanol–water partition coefficient (Wildman–Crippen LogP) is 3.66. The summed E-state index contributed by atoms with van der Waals surface area (Å²) < 4.78 is 0. The molecule has 0 spiro atoms. The minimum Gasteiger partial charge on any atom is -0.354 e. The van der Waals surface area contributed by atoms with Crippen LogP contribution >= 0.6 is 0 Å². The molecule has 0 amide bonds. The fourth-order valence-electron chi connectivity index (χ4n) is 3.80. The number of likely N-dealkylation sites (N-methyl/N-ethyl adjacent to an activating group) is 1. The van der Waals surface area contributed by atoms with Gasteiger partial charge < -0.3 is 9.88 Å². The molecule has 2 heterocycles. The minimum absolute atomic E-state index is 0.200. The highest BCUT2D eigenvalue weighted by Gasteiger charge is 2.23. The molecule has 1 aliphatic heterocycles. The van der Waals surface area contributed by atoms with Gasteiger partial charge in [0.2, 0.25) is 0 Å². The number of piperazine rings is 1. The average molecular weight is 347 g/mol. The Morgan fingerprint density at radius 3 is 2.31 bits per heavy atom. The van der Waals surface area contributed by atoms with Gasteiger partial charge in [0.05, 0.1) is 17.8 Å². The van der Waals surface area contributed by atoms with Crippen molar-refractivity contribution in [2.45, 2.75) is 6.92 Å². The third-order valence-corrected chi connectivity index (χ3v) is 5.33. The Balaban J connectivity index is 1.65. The lowest BCUT2D eigenvalue weighted by molar-refractivity contribution is 0.0861. The zero-order chi connectivity index (χ0) is 17.9. The molecule has 0 atom stereocenters. The van der Waals surface area contributed by atoms with Gasteiger partial charge in [0.15, 0.2) is 5.78 Å². The molecule has 26 heavy (non-hydrogen) atoms. The number of nitrogens with one attached hydrogen (secondary N) is 1. The van der Waals surface area contributed by atoms with E-state index in [1.807, 2.05) is 42.5 Å². The molecule has 134 valence electrons. The van der Waals surface area contributed by atoms with Gasteiger partial charge in [0.1, 0.15) is 0 Å². The van der Waals surface area contributed by atoms with E-state index in [9.17, 15) is 4.79 Å². The summed E-state index contributed by atoms with van der Waals surface area (Å²) in [5.41, 5.74) is 3.84. The number of aromatic amines is 1. The number of nitrogens with zero attached hydrogens (tertiary/aromatic N) is 2. The molecule has 1 aliphatic rings. The second kappa shape index (κ2) is 7.44. The topological polar surface area (TPSA) is 39.3 Å². The van der Waals surface area contributed by atoms with Gasteiger partial charge in [-0.1, -0.05) is 55.5 Å². The van der Waals surface area contributed by atoms with Crippen molar-refractivity contribution in [2.24, 2.45) is 0 Å². The van der Waals surface area contributed by atoms with Gasteiger partial charge in [-0.25, -0.2) is 0 Å².